The molecule has 8 heteroatoms. The Kier molecular flexibility index (Phi) is 6.12. The van der Waals surface area contributed by atoms with E-state index in [1.54, 1.807) is 60.7 Å². The Balaban J connectivity index is 1.41. The highest BCUT2D eigenvalue weighted by molar-refractivity contribution is 6.21. The van der Waals surface area contributed by atoms with Crippen molar-refractivity contribution in [2.45, 2.75) is 13.0 Å². The Morgan fingerprint density at radius 3 is 2.16 bits per heavy atom. The van der Waals surface area contributed by atoms with Crippen molar-refractivity contribution in [1.82, 2.24) is 9.80 Å². The largest absolute Gasteiger partial charge is 0.467 e. The average Bonchev–Trinajstić information content (AvgIpc) is 3.39. The van der Waals surface area contributed by atoms with Gasteiger partial charge in [0.05, 0.1) is 23.9 Å². The van der Waals surface area contributed by atoms with E-state index in [1.165, 1.54) is 11.2 Å². The second-order valence-electron chi connectivity index (χ2n) is 7.30. The van der Waals surface area contributed by atoms with Gasteiger partial charge in [0.25, 0.3) is 11.8 Å². The molecule has 162 valence electrons. The molecule has 1 aromatic heterocycles. The van der Waals surface area contributed by atoms with Crippen molar-refractivity contribution in [3.8, 4) is 0 Å². The molecule has 0 aliphatic carbocycles. The summed E-state index contributed by atoms with van der Waals surface area (Å²) in [6, 6.07) is 18.9. The van der Waals surface area contributed by atoms with Gasteiger partial charge >= 0.3 is 0 Å². The smallest absolute Gasteiger partial charge is 0.261 e. The Labute approximate surface area is 184 Å². The molecule has 1 aliphatic rings. The van der Waals surface area contributed by atoms with Gasteiger partial charge in [0.1, 0.15) is 12.3 Å². The molecule has 2 heterocycles. The van der Waals surface area contributed by atoms with Crippen LogP contribution in [0.1, 0.15) is 32.9 Å². The second-order valence-corrected chi connectivity index (χ2v) is 7.30. The molecule has 3 aromatic rings. The summed E-state index contributed by atoms with van der Waals surface area (Å²) in [7, 11) is 0. The number of anilines is 1. The molecule has 0 spiro atoms. The number of para-hydroxylation sites is 1. The Morgan fingerprint density at radius 2 is 1.53 bits per heavy atom. The molecule has 0 saturated carbocycles. The first-order valence-electron chi connectivity index (χ1n) is 10.1. The molecule has 0 atom stereocenters. The molecule has 0 radical (unpaired) electrons. The van der Waals surface area contributed by atoms with Gasteiger partial charge in [-0.05, 0) is 36.4 Å². The molecule has 32 heavy (non-hydrogen) atoms. The van der Waals surface area contributed by atoms with Crippen LogP contribution in [0.4, 0.5) is 5.69 Å². The number of imide groups is 1. The highest BCUT2D eigenvalue weighted by Gasteiger charge is 2.35. The van der Waals surface area contributed by atoms with Crippen molar-refractivity contribution in [3.05, 3.63) is 89.9 Å². The Bertz CT molecular complexity index is 1110. The first-order chi connectivity index (χ1) is 15.5. The van der Waals surface area contributed by atoms with Gasteiger partial charge in [0.15, 0.2) is 0 Å². The second kappa shape index (κ2) is 9.30. The average molecular weight is 431 g/mol. The summed E-state index contributed by atoms with van der Waals surface area (Å²) in [4.78, 5) is 52.9. The molecule has 0 fully saturated rings. The topological polar surface area (TPSA) is 99.9 Å². The number of fused-ring (bicyclic) bond motifs is 1. The molecule has 0 unspecified atom stereocenters. The number of carbonyl (C=O) groups excluding carboxylic acids is 4. The predicted molar refractivity (Wildman–Crippen MR) is 116 cm³/mol. The van der Waals surface area contributed by atoms with Gasteiger partial charge in [0.2, 0.25) is 11.8 Å². The molecule has 1 aliphatic heterocycles. The predicted octanol–water partition coefficient (Wildman–Crippen LogP) is 2.93. The number of carbonyl (C=O) groups is 4. The lowest BCUT2D eigenvalue weighted by atomic mass is 10.1. The number of amides is 4. The van der Waals surface area contributed by atoms with E-state index in [0.29, 0.717) is 22.6 Å². The van der Waals surface area contributed by atoms with Crippen LogP contribution in [0.2, 0.25) is 0 Å². The van der Waals surface area contributed by atoms with E-state index < -0.39 is 11.8 Å². The van der Waals surface area contributed by atoms with Crippen LogP contribution < -0.4 is 5.32 Å². The number of nitrogens with zero attached hydrogens (tertiary/aromatic N) is 2. The van der Waals surface area contributed by atoms with E-state index in [9.17, 15) is 19.2 Å². The van der Waals surface area contributed by atoms with Crippen molar-refractivity contribution in [2.24, 2.45) is 0 Å². The molecule has 0 saturated heterocycles. The van der Waals surface area contributed by atoms with E-state index in [4.69, 9.17) is 4.42 Å². The number of rotatable bonds is 8. The van der Waals surface area contributed by atoms with E-state index in [2.05, 4.69) is 5.32 Å². The molecule has 8 nitrogen and oxygen atoms in total. The molecular weight excluding hydrogens is 410 g/mol. The van der Waals surface area contributed by atoms with Gasteiger partial charge in [-0.2, -0.15) is 0 Å². The quantitative estimate of drug-likeness (QED) is 0.553. The van der Waals surface area contributed by atoms with Crippen LogP contribution in [0.25, 0.3) is 0 Å². The highest BCUT2D eigenvalue weighted by atomic mass is 16.3. The van der Waals surface area contributed by atoms with Crippen molar-refractivity contribution in [3.63, 3.8) is 0 Å². The van der Waals surface area contributed by atoms with Crippen molar-refractivity contribution >= 4 is 29.3 Å². The van der Waals surface area contributed by atoms with E-state index in [-0.39, 0.29) is 37.9 Å². The zero-order valence-corrected chi connectivity index (χ0v) is 17.2. The lowest BCUT2D eigenvalue weighted by molar-refractivity contribution is -0.135. The fraction of sp³-hybridized carbons (Fsp3) is 0.167. The molecule has 0 bridgehead atoms. The number of benzene rings is 2. The number of nitrogens with one attached hydrogen (secondary N) is 1. The molecule has 4 amide bonds. The summed E-state index contributed by atoms with van der Waals surface area (Å²) < 4.78 is 5.32. The lowest BCUT2D eigenvalue weighted by Crippen LogP contribution is -2.40. The summed E-state index contributed by atoms with van der Waals surface area (Å²) in [5, 5.41) is 2.75. The third-order valence-electron chi connectivity index (χ3n) is 5.10. The summed E-state index contributed by atoms with van der Waals surface area (Å²) in [6.45, 7) is -0.174. The highest BCUT2D eigenvalue weighted by Crippen LogP contribution is 2.22. The first-order valence-corrected chi connectivity index (χ1v) is 10.1. The van der Waals surface area contributed by atoms with Crippen LogP contribution in [-0.2, 0) is 16.1 Å². The standard InChI is InChI=1S/C24H21N3O5/c28-21(25-17-7-2-1-3-8-17)16-26(15-18-9-6-14-32-18)22(29)12-13-27-23(30)19-10-4-5-11-20(19)24(27)31/h1-11,14H,12-13,15-16H2,(H,25,28). The fourth-order valence-electron chi connectivity index (χ4n) is 3.53. The minimum atomic E-state index is -0.419. The van der Waals surface area contributed by atoms with Crippen LogP contribution in [0.5, 0.6) is 0 Å². The maximum absolute atomic E-state index is 13.0. The molecule has 1 N–H and O–H groups in total. The first kappa shape index (κ1) is 21.0. The molecule has 4 rings (SSSR count). The van der Waals surface area contributed by atoms with Gasteiger partial charge in [0, 0.05) is 18.7 Å². The zero-order chi connectivity index (χ0) is 22.5. The zero-order valence-electron chi connectivity index (χ0n) is 17.2. The maximum atomic E-state index is 13.0. The van der Waals surface area contributed by atoms with Crippen LogP contribution in [0.15, 0.2) is 77.4 Å². The van der Waals surface area contributed by atoms with Crippen molar-refractivity contribution in [1.29, 1.82) is 0 Å². The number of furan rings is 1. The SMILES string of the molecule is O=C(CN(Cc1ccco1)C(=O)CCN1C(=O)c2ccccc2C1=O)Nc1ccccc1. The van der Waals surface area contributed by atoms with Crippen molar-refractivity contribution in [2.75, 3.05) is 18.4 Å². The minimum Gasteiger partial charge on any atom is -0.467 e. The van der Waals surface area contributed by atoms with Gasteiger partial charge in [-0.25, -0.2) is 0 Å². The Morgan fingerprint density at radius 1 is 0.875 bits per heavy atom. The fourth-order valence-corrected chi connectivity index (χ4v) is 3.53. The molecular formula is C24H21N3O5. The van der Waals surface area contributed by atoms with E-state index >= 15 is 0 Å². The minimum absolute atomic E-state index is 0.0693. The van der Waals surface area contributed by atoms with Crippen molar-refractivity contribution < 1.29 is 23.6 Å². The lowest BCUT2D eigenvalue weighted by Gasteiger charge is -2.22. The van der Waals surface area contributed by atoms with E-state index in [0.717, 1.165) is 4.90 Å². The summed E-state index contributed by atoms with van der Waals surface area (Å²) in [5.41, 5.74) is 1.29. The van der Waals surface area contributed by atoms with Gasteiger partial charge < -0.3 is 14.6 Å². The summed E-state index contributed by atoms with van der Waals surface area (Å²) in [6.07, 6.45) is 1.38. The van der Waals surface area contributed by atoms with Crippen LogP contribution in [-0.4, -0.2) is 46.5 Å². The third-order valence-corrected chi connectivity index (χ3v) is 5.10. The summed E-state index contributed by atoms with van der Waals surface area (Å²) in [5.74, 6) is -1.06. The maximum Gasteiger partial charge on any atom is 0.261 e. The third kappa shape index (κ3) is 4.59. The monoisotopic (exact) mass is 431 g/mol. The number of hydrogen-bond donors (Lipinski definition) is 1. The van der Waals surface area contributed by atoms with E-state index in [1.807, 2.05) is 6.07 Å². The number of hydrogen-bond acceptors (Lipinski definition) is 5. The van der Waals surface area contributed by atoms with Crippen LogP contribution in [0.3, 0.4) is 0 Å². The Hall–Kier alpha value is -4.20. The summed E-state index contributed by atoms with van der Waals surface area (Å²) >= 11 is 0. The van der Waals surface area contributed by atoms with Crippen LogP contribution >= 0.6 is 0 Å². The van der Waals surface area contributed by atoms with Gasteiger partial charge in [-0.15, -0.1) is 0 Å². The van der Waals surface area contributed by atoms with Crippen LogP contribution in [0, 0.1) is 0 Å². The molecule has 2 aromatic carbocycles. The normalized spacial score (nSPS) is 12.6. The van der Waals surface area contributed by atoms with Gasteiger partial charge in [-0.3, -0.25) is 24.1 Å². The van der Waals surface area contributed by atoms with Gasteiger partial charge in [-0.1, -0.05) is 30.3 Å².